The molecule has 0 saturated heterocycles. The molecule has 0 bridgehead atoms. The van der Waals surface area contributed by atoms with Gasteiger partial charge in [-0.25, -0.2) is 4.79 Å². The summed E-state index contributed by atoms with van der Waals surface area (Å²) in [5.74, 6) is -0.128. The van der Waals surface area contributed by atoms with Crippen LogP contribution in [0, 0.1) is 0 Å². The Hall–Kier alpha value is -1.82. The van der Waals surface area contributed by atoms with Gasteiger partial charge in [0.15, 0.2) is 5.78 Å². The number of carbonyl (C=O) groups excluding carboxylic acids is 2. The van der Waals surface area contributed by atoms with Gasteiger partial charge in [0.25, 0.3) is 0 Å². The molecule has 2 amide bonds. The highest BCUT2D eigenvalue weighted by Gasteiger charge is 2.30. The minimum atomic E-state index is -0.649. The van der Waals surface area contributed by atoms with Gasteiger partial charge in [-0.2, -0.15) is 0 Å². The van der Waals surface area contributed by atoms with Gasteiger partial charge < -0.3 is 15.7 Å². The van der Waals surface area contributed by atoms with Crippen LogP contribution in [0.5, 0.6) is 5.75 Å². The Bertz CT molecular complexity index is 596. The normalized spacial score (nSPS) is 18.9. The topological polar surface area (TPSA) is 78.4 Å². The van der Waals surface area contributed by atoms with Crippen molar-refractivity contribution in [1.82, 2.24) is 10.6 Å². The van der Waals surface area contributed by atoms with Gasteiger partial charge in [0.05, 0.1) is 6.04 Å². The summed E-state index contributed by atoms with van der Waals surface area (Å²) >= 11 is 3.31. The third kappa shape index (κ3) is 2.63. The number of nitrogens with one attached hydrogen (secondary N) is 2. The van der Waals surface area contributed by atoms with Crippen LogP contribution in [0.15, 0.2) is 33.9 Å². The number of benzene rings is 1. The maximum atomic E-state index is 11.8. The highest BCUT2D eigenvalue weighted by Crippen LogP contribution is 2.34. The lowest BCUT2D eigenvalue weighted by Crippen LogP contribution is -2.44. The van der Waals surface area contributed by atoms with E-state index in [4.69, 9.17) is 0 Å². The van der Waals surface area contributed by atoms with E-state index < -0.39 is 12.1 Å². The highest BCUT2D eigenvalue weighted by atomic mass is 79.9. The largest absolute Gasteiger partial charge is 0.508 e. The third-order valence-electron chi connectivity index (χ3n) is 2.95. The van der Waals surface area contributed by atoms with Crippen LogP contribution in [0.2, 0.25) is 0 Å². The summed E-state index contributed by atoms with van der Waals surface area (Å²) in [6.45, 7) is 3.09. The Morgan fingerprint density at radius 2 is 2.11 bits per heavy atom. The predicted octanol–water partition coefficient (Wildman–Crippen LogP) is 2.37. The number of phenolic OH excluding ortho intramolecular Hbond substituents is 1. The quantitative estimate of drug-likeness (QED) is 0.781. The molecule has 1 heterocycles. The molecule has 1 aromatic rings. The number of hydrogen-bond acceptors (Lipinski definition) is 3. The maximum Gasteiger partial charge on any atom is 0.319 e. The fraction of sp³-hybridized carbons (Fsp3) is 0.231. The average Bonchev–Trinajstić information content (AvgIpc) is 2.30. The maximum absolute atomic E-state index is 11.8. The van der Waals surface area contributed by atoms with E-state index in [2.05, 4.69) is 26.6 Å². The van der Waals surface area contributed by atoms with Crippen LogP contribution in [0.3, 0.4) is 0 Å². The molecule has 0 saturated carbocycles. The number of amides is 2. The van der Waals surface area contributed by atoms with Crippen LogP contribution < -0.4 is 10.6 Å². The lowest BCUT2D eigenvalue weighted by molar-refractivity contribution is -0.114. The summed E-state index contributed by atoms with van der Waals surface area (Å²) < 4.78 is 0.758. The van der Waals surface area contributed by atoms with Gasteiger partial charge in [-0.15, -0.1) is 0 Å². The number of aromatic hydroxyl groups is 1. The van der Waals surface area contributed by atoms with Crippen molar-refractivity contribution in [2.45, 2.75) is 19.9 Å². The van der Waals surface area contributed by atoms with Gasteiger partial charge in [-0.3, -0.25) is 4.79 Å². The molecule has 5 nitrogen and oxygen atoms in total. The molecule has 0 aromatic heterocycles. The van der Waals surface area contributed by atoms with Gasteiger partial charge in [0.2, 0.25) is 0 Å². The number of ketones is 1. The second-order valence-corrected chi connectivity index (χ2v) is 5.25. The first-order chi connectivity index (χ1) is 8.90. The molecule has 1 aliphatic heterocycles. The molecule has 2 rings (SSSR count). The first-order valence-electron chi connectivity index (χ1n) is 5.67. The van der Waals surface area contributed by atoms with Crippen LogP contribution in [-0.2, 0) is 4.79 Å². The molecule has 1 aliphatic rings. The number of phenols is 1. The van der Waals surface area contributed by atoms with Crippen molar-refractivity contribution in [1.29, 1.82) is 0 Å². The molecule has 1 aromatic carbocycles. The van der Waals surface area contributed by atoms with E-state index in [1.54, 1.807) is 19.1 Å². The molecule has 0 aliphatic carbocycles. The lowest BCUT2D eigenvalue weighted by atomic mass is 9.92. The number of allylic oxidation sites excluding steroid dienone is 1. The van der Waals surface area contributed by atoms with E-state index in [0.717, 1.165) is 4.47 Å². The molecule has 6 heteroatoms. The predicted molar refractivity (Wildman–Crippen MR) is 73.6 cm³/mol. The Labute approximate surface area is 118 Å². The van der Waals surface area contributed by atoms with Crippen LogP contribution in [0.4, 0.5) is 4.79 Å². The molecular formula is C13H13BrN2O3. The second kappa shape index (κ2) is 5.05. The monoisotopic (exact) mass is 324 g/mol. The van der Waals surface area contributed by atoms with Gasteiger partial charge in [-0.1, -0.05) is 15.9 Å². The van der Waals surface area contributed by atoms with E-state index in [-0.39, 0.29) is 11.5 Å². The zero-order valence-corrected chi connectivity index (χ0v) is 12.0. The van der Waals surface area contributed by atoms with E-state index in [0.29, 0.717) is 16.8 Å². The van der Waals surface area contributed by atoms with E-state index in [9.17, 15) is 14.7 Å². The number of halogens is 1. The molecule has 0 unspecified atom stereocenters. The molecule has 3 N–H and O–H groups in total. The lowest BCUT2D eigenvalue weighted by Gasteiger charge is -2.28. The second-order valence-electron chi connectivity index (χ2n) is 4.33. The van der Waals surface area contributed by atoms with E-state index in [1.807, 2.05) is 0 Å². The fourth-order valence-electron chi connectivity index (χ4n) is 2.15. The number of hydrogen-bond donors (Lipinski definition) is 3. The van der Waals surface area contributed by atoms with Gasteiger partial charge >= 0.3 is 6.03 Å². The summed E-state index contributed by atoms with van der Waals surface area (Å²) in [5, 5.41) is 15.1. The smallest absolute Gasteiger partial charge is 0.319 e. The SMILES string of the molecule is CC(=O)C1=C(C)NC(=O)N[C@H]1c1cc(Br)ccc1O. The van der Waals surface area contributed by atoms with E-state index >= 15 is 0 Å². The van der Waals surface area contributed by atoms with Crippen molar-refractivity contribution in [2.24, 2.45) is 0 Å². The molecule has 0 radical (unpaired) electrons. The minimum Gasteiger partial charge on any atom is -0.508 e. The Morgan fingerprint density at radius 3 is 2.74 bits per heavy atom. The average molecular weight is 325 g/mol. The zero-order valence-electron chi connectivity index (χ0n) is 10.5. The van der Waals surface area contributed by atoms with Crippen molar-refractivity contribution >= 4 is 27.7 Å². The van der Waals surface area contributed by atoms with Crippen LogP contribution in [-0.4, -0.2) is 16.9 Å². The van der Waals surface area contributed by atoms with Crippen molar-refractivity contribution < 1.29 is 14.7 Å². The summed E-state index contributed by atoms with van der Waals surface area (Å²) in [6.07, 6.45) is 0. The molecule has 0 spiro atoms. The van der Waals surface area contributed by atoms with Crippen molar-refractivity contribution in [3.63, 3.8) is 0 Å². The van der Waals surface area contributed by atoms with E-state index in [1.165, 1.54) is 13.0 Å². The summed E-state index contributed by atoms with van der Waals surface area (Å²) in [5.41, 5.74) is 1.42. The molecule has 0 fully saturated rings. The number of carbonyl (C=O) groups is 2. The molecular weight excluding hydrogens is 312 g/mol. The number of urea groups is 1. The minimum absolute atomic E-state index is 0.0296. The third-order valence-corrected chi connectivity index (χ3v) is 3.44. The Morgan fingerprint density at radius 1 is 1.42 bits per heavy atom. The van der Waals surface area contributed by atoms with Crippen LogP contribution >= 0.6 is 15.9 Å². The van der Waals surface area contributed by atoms with Gasteiger partial charge in [-0.05, 0) is 32.0 Å². The molecule has 19 heavy (non-hydrogen) atoms. The first kappa shape index (κ1) is 13.6. The Kier molecular flexibility index (Phi) is 3.61. The zero-order chi connectivity index (χ0) is 14.2. The number of Topliss-reactive ketones (excluding diaryl/α,β-unsaturated/α-hetero) is 1. The van der Waals surface area contributed by atoms with Crippen LogP contribution in [0.1, 0.15) is 25.5 Å². The summed E-state index contributed by atoms with van der Waals surface area (Å²) in [6, 6.07) is 3.84. The van der Waals surface area contributed by atoms with Gasteiger partial charge in [0, 0.05) is 21.3 Å². The van der Waals surface area contributed by atoms with Crippen molar-refractivity contribution in [3.05, 3.63) is 39.5 Å². The molecule has 1 atom stereocenters. The summed E-state index contributed by atoms with van der Waals surface area (Å²) in [4.78, 5) is 23.3. The Balaban J connectivity index is 2.58. The first-order valence-corrected chi connectivity index (χ1v) is 6.47. The molecule has 100 valence electrons. The van der Waals surface area contributed by atoms with Crippen molar-refractivity contribution in [3.8, 4) is 5.75 Å². The van der Waals surface area contributed by atoms with Gasteiger partial charge in [0.1, 0.15) is 5.75 Å². The summed E-state index contributed by atoms with van der Waals surface area (Å²) in [7, 11) is 0. The fourth-order valence-corrected chi connectivity index (χ4v) is 2.53. The standard InChI is InChI=1S/C13H13BrN2O3/c1-6-11(7(2)17)12(16-13(19)15-6)9-5-8(14)3-4-10(9)18/h3-5,12,18H,1-2H3,(H2,15,16,19)/t12-/m0/s1. The highest BCUT2D eigenvalue weighted by molar-refractivity contribution is 9.10. The van der Waals surface area contributed by atoms with Crippen LogP contribution in [0.25, 0.3) is 0 Å². The van der Waals surface area contributed by atoms with Crippen molar-refractivity contribution in [2.75, 3.05) is 0 Å². The number of rotatable bonds is 2.